The van der Waals surface area contributed by atoms with Crippen LogP contribution in [0, 0.1) is 23.2 Å². The summed E-state index contributed by atoms with van der Waals surface area (Å²) in [5.74, 6) is -0.611. The Hall–Kier alpha value is -3.08. The monoisotopic (exact) mass is 493 g/mol. The summed E-state index contributed by atoms with van der Waals surface area (Å²) in [5, 5.41) is 12.3. The van der Waals surface area contributed by atoms with Crippen LogP contribution in [0.5, 0.6) is 0 Å². The zero-order valence-electron chi connectivity index (χ0n) is 22.0. The minimum absolute atomic E-state index is 0.0667. The van der Waals surface area contributed by atoms with Crippen molar-refractivity contribution in [2.24, 2.45) is 11.8 Å². The maximum absolute atomic E-state index is 13.5. The van der Waals surface area contributed by atoms with Crippen LogP contribution in [0.2, 0.25) is 0 Å². The fourth-order valence-corrected chi connectivity index (χ4v) is 5.65. The van der Waals surface area contributed by atoms with Crippen LogP contribution in [0.25, 0.3) is 0 Å². The van der Waals surface area contributed by atoms with Gasteiger partial charge < -0.3 is 20.0 Å². The smallest absolute Gasteiger partial charge is 0.232 e. The van der Waals surface area contributed by atoms with E-state index in [4.69, 9.17) is 0 Å². The van der Waals surface area contributed by atoms with Gasteiger partial charge in [0, 0.05) is 57.8 Å². The molecule has 3 aliphatic rings. The lowest BCUT2D eigenvalue weighted by atomic mass is 9.77. The number of likely N-dealkylation sites (N-methyl/N-ethyl adjacent to an activating group) is 1. The maximum Gasteiger partial charge on any atom is 0.232 e. The molecule has 0 spiro atoms. The summed E-state index contributed by atoms with van der Waals surface area (Å²) in [7, 11) is 3.55. The van der Waals surface area contributed by atoms with E-state index in [1.165, 1.54) is 0 Å². The van der Waals surface area contributed by atoms with Crippen LogP contribution in [0.4, 0.5) is 5.69 Å². The minimum Gasteiger partial charge on any atom is -0.368 e. The number of amides is 3. The molecule has 0 unspecified atom stereocenters. The van der Waals surface area contributed by atoms with Gasteiger partial charge in [-0.2, -0.15) is 5.26 Å². The van der Waals surface area contributed by atoms with Crippen LogP contribution < -0.4 is 10.2 Å². The Morgan fingerprint density at radius 1 is 1.00 bits per heavy atom. The van der Waals surface area contributed by atoms with Crippen molar-refractivity contribution in [2.75, 3.05) is 45.2 Å². The summed E-state index contributed by atoms with van der Waals surface area (Å²) < 4.78 is 0. The number of piperazine rings is 1. The highest BCUT2D eigenvalue weighted by molar-refractivity contribution is 5.89. The molecule has 2 saturated carbocycles. The molecule has 2 atom stereocenters. The van der Waals surface area contributed by atoms with Gasteiger partial charge in [0.25, 0.3) is 0 Å². The second-order valence-corrected chi connectivity index (χ2v) is 11.4. The van der Waals surface area contributed by atoms with E-state index in [1.807, 2.05) is 30.9 Å². The van der Waals surface area contributed by atoms with E-state index < -0.39 is 11.0 Å². The summed E-state index contributed by atoms with van der Waals surface area (Å²) in [6, 6.07) is 10.4. The van der Waals surface area contributed by atoms with Gasteiger partial charge in [-0.15, -0.1) is 0 Å². The number of nitriles is 1. The van der Waals surface area contributed by atoms with Crippen molar-refractivity contribution in [1.82, 2.24) is 15.1 Å². The van der Waals surface area contributed by atoms with E-state index >= 15 is 0 Å². The third-order valence-corrected chi connectivity index (χ3v) is 8.23. The van der Waals surface area contributed by atoms with Crippen LogP contribution >= 0.6 is 0 Å². The topological polar surface area (TPSA) is 96.8 Å². The molecular weight excluding hydrogens is 454 g/mol. The van der Waals surface area contributed by atoms with Crippen LogP contribution in [0.3, 0.4) is 0 Å². The lowest BCUT2D eigenvalue weighted by Gasteiger charge is -2.40. The van der Waals surface area contributed by atoms with E-state index in [2.05, 4.69) is 28.4 Å². The molecule has 0 aromatic heterocycles. The van der Waals surface area contributed by atoms with E-state index in [0.717, 1.165) is 43.6 Å². The highest BCUT2D eigenvalue weighted by Crippen LogP contribution is 2.37. The van der Waals surface area contributed by atoms with Gasteiger partial charge in [-0.25, -0.2) is 0 Å². The lowest BCUT2D eigenvalue weighted by molar-refractivity contribution is -0.144. The van der Waals surface area contributed by atoms with Crippen molar-refractivity contribution < 1.29 is 14.4 Å². The van der Waals surface area contributed by atoms with Gasteiger partial charge in [-0.3, -0.25) is 14.4 Å². The molecule has 8 heteroatoms. The number of carbonyl (C=O) groups is 3. The van der Waals surface area contributed by atoms with Gasteiger partial charge in [0.2, 0.25) is 17.7 Å². The van der Waals surface area contributed by atoms with Gasteiger partial charge in [0.05, 0.1) is 11.5 Å². The van der Waals surface area contributed by atoms with E-state index in [0.29, 0.717) is 32.4 Å². The molecule has 1 saturated heterocycles. The molecule has 1 N–H and O–H groups in total. The Morgan fingerprint density at radius 2 is 1.58 bits per heavy atom. The summed E-state index contributed by atoms with van der Waals surface area (Å²) in [4.78, 5) is 44.8. The fourth-order valence-electron chi connectivity index (χ4n) is 5.65. The molecule has 1 aromatic carbocycles. The van der Waals surface area contributed by atoms with Gasteiger partial charge in [-0.1, -0.05) is 25.0 Å². The maximum atomic E-state index is 13.5. The van der Waals surface area contributed by atoms with Crippen LogP contribution in [0.1, 0.15) is 57.9 Å². The molecule has 1 heterocycles. The summed E-state index contributed by atoms with van der Waals surface area (Å²) in [6.45, 7) is 6.59. The largest absolute Gasteiger partial charge is 0.368 e. The zero-order chi connectivity index (χ0) is 26.1. The first-order valence-corrected chi connectivity index (χ1v) is 13.2. The molecule has 194 valence electrons. The molecule has 4 rings (SSSR count). The molecule has 8 nitrogen and oxygen atoms in total. The summed E-state index contributed by atoms with van der Waals surface area (Å²) in [6.07, 6.45) is 4.76. The SMILES string of the molecule is CN(C)C(=O)C(C)(C)c1ccc(N2CCN(C(=O)[C@@H]3CCCC[C@H]3C(=O)NC3(C#N)CC3)CC2)cc1. The highest BCUT2D eigenvalue weighted by atomic mass is 16.2. The van der Waals surface area contributed by atoms with Crippen molar-refractivity contribution in [3.05, 3.63) is 29.8 Å². The number of nitrogens with one attached hydrogen (secondary N) is 1. The molecule has 0 bridgehead atoms. The standard InChI is InChI=1S/C28H39N5O3/c1-27(2,26(36)31(3)4)20-9-11-21(12-10-20)32-15-17-33(18-16-32)25(35)23-8-6-5-7-22(23)24(34)30-28(19-29)13-14-28/h9-12,22-23H,5-8,13-18H2,1-4H3,(H,30,34)/t22-,23-/m1/s1. The number of anilines is 1. The molecule has 1 aliphatic heterocycles. The number of carbonyl (C=O) groups excluding carboxylic acids is 3. The van der Waals surface area contributed by atoms with E-state index in [9.17, 15) is 19.6 Å². The van der Waals surface area contributed by atoms with Crippen LogP contribution in [0.15, 0.2) is 24.3 Å². The normalized spacial score (nSPS) is 23.4. The molecule has 2 aliphatic carbocycles. The quantitative estimate of drug-likeness (QED) is 0.657. The first-order valence-electron chi connectivity index (χ1n) is 13.2. The third-order valence-electron chi connectivity index (χ3n) is 8.23. The molecule has 3 amide bonds. The highest BCUT2D eigenvalue weighted by Gasteiger charge is 2.47. The summed E-state index contributed by atoms with van der Waals surface area (Å²) in [5.41, 5.74) is 0.769. The molecule has 3 fully saturated rings. The predicted octanol–water partition coefficient (Wildman–Crippen LogP) is 2.68. The van der Waals surface area contributed by atoms with Crippen LogP contribution in [-0.2, 0) is 19.8 Å². The van der Waals surface area contributed by atoms with Gasteiger partial charge >= 0.3 is 0 Å². The Bertz CT molecular complexity index is 1030. The second kappa shape index (κ2) is 10.1. The van der Waals surface area contributed by atoms with E-state index in [1.54, 1.807) is 19.0 Å². The van der Waals surface area contributed by atoms with Gasteiger partial charge in [-0.05, 0) is 57.2 Å². The molecule has 0 radical (unpaired) electrons. The Kier molecular flexibility index (Phi) is 7.31. The van der Waals surface area contributed by atoms with Crippen molar-refractivity contribution in [3.8, 4) is 6.07 Å². The van der Waals surface area contributed by atoms with Crippen molar-refractivity contribution >= 4 is 23.4 Å². The minimum atomic E-state index is -0.696. The van der Waals surface area contributed by atoms with E-state index in [-0.39, 0.29) is 29.6 Å². The number of hydrogen-bond donors (Lipinski definition) is 1. The fraction of sp³-hybridized carbons (Fsp3) is 0.643. The van der Waals surface area contributed by atoms with Crippen LogP contribution in [-0.4, -0.2) is 73.3 Å². The number of nitrogens with zero attached hydrogens (tertiary/aromatic N) is 4. The molecule has 36 heavy (non-hydrogen) atoms. The van der Waals surface area contributed by atoms with Gasteiger partial charge in [0.1, 0.15) is 5.54 Å². The average molecular weight is 494 g/mol. The third kappa shape index (κ3) is 5.21. The molecular formula is C28H39N5O3. The van der Waals surface area contributed by atoms with Gasteiger partial charge in [0.15, 0.2) is 0 Å². The average Bonchev–Trinajstić information content (AvgIpc) is 3.67. The first-order chi connectivity index (χ1) is 17.1. The Labute approximate surface area is 214 Å². The predicted molar refractivity (Wildman–Crippen MR) is 138 cm³/mol. The first kappa shape index (κ1) is 26.0. The number of benzene rings is 1. The lowest BCUT2D eigenvalue weighted by Crippen LogP contribution is -2.53. The summed E-state index contributed by atoms with van der Waals surface area (Å²) >= 11 is 0. The second-order valence-electron chi connectivity index (χ2n) is 11.4. The number of hydrogen-bond acceptors (Lipinski definition) is 5. The number of rotatable bonds is 6. The van der Waals surface area contributed by atoms with Crippen molar-refractivity contribution in [3.63, 3.8) is 0 Å². The zero-order valence-corrected chi connectivity index (χ0v) is 22.0. The van der Waals surface area contributed by atoms with Crippen molar-refractivity contribution in [2.45, 2.75) is 63.3 Å². The van der Waals surface area contributed by atoms with Crippen molar-refractivity contribution in [1.29, 1.82) is 5.26 Å². The molecule has 1 aromatic rings. The Balaban J connectivity index is 1.35. The Morgan fingerprint density at radius 3 is 2.11 bits per heavy atom.